The molecule has 2 heteroatoms. The van der Waals surface area contributed by atoms with Crippen LogP contribution < -0.4 is 9.80 Å². The molecule has 51 heavy (non-hydrogen) atoms. The molecule has 0 saturated heterocycles. The van der Waals surface area contributed by atoms with E-state index in [0.29, 0.717) is 0 Å². The zero-order chi connectivity index (χ0) is 34.8. The molecule has 7 aromatic rings. The molecule has 7 aromatic carbocycles. The molecule has 0 spiro atoms. The summed E-state index contributed by atoms with van der Waals surface area (Å²) in [7, 11) is 0. The minimum Gasteiger partial charge on any atom is -0.311 e. The van der Waals surface area contributed by atoms with Gasteiger partial charge in [-0.1, -0.05) is 130 Å². The highest BCUT2D eigenvalue weighted by Gasteiger charge is 2.40. The Kier molecular flexibility index (Phi) is 8.76. The van der Waals surface area contributed by atoms with Crippen LogP contribution in [0.1, 0.15) is 61.8 Å². The summed E-state index contributed by atoms with van der Waals surface area (Å²) < 4.78 is 0. The van der Waals surface area contributed by atoms with E-state index in [1.165, 1.54) is 39.1 Å². The lowest BCUT2D eigenvalue weighted by atomic mass is 9.74. The van der Waals surface area contributed by atoms with Crippen LogP contribution >= 0.6 is 0 Å². The van der Waals surface area contributed by atoms with Crippen LogP contribution in [0.15, 0.2) is 182 Å². The highest BCUT2D eigenvalue weighted by Crippen LogP contribution is 2.54. The van der Waals surface area contributed by atoms with E-state index in [9.17, 15) is 0 Å². The van der Waals surface area contributed by atoms with Crippen molar-refractivity contribution in [1.82, 2.24) is 0 Å². The molecular weight excluding hydrogens is 617 g/mol. The van der Waals surface area contributed by atoms with Gasteiger partial charge in [0.25, 0.3) is 0 Å². The predicted octanol–water partition coefficient (Wildman–Crippen LogP) is 13.9. The highest BCUT2D eigenvalue weighted by atomic mass is 15.1. The Morgan fingerprint density at radius 3 is 1.24 bits per heavy atom. The number of nitrogens with zero attached hydrogens (tertiary/aromatic N) is 2. The third-order valence-corrected chi connectivity index (χ3v) is 11.1. The molecule has 250 valence electrons. The van der Waals surface area contributed by atoms with Gasteiger partial charge in [0.1, 0.15) is 0 Å². The molecule has 0 amide bonds. The van der Waals surface area contributed by atoms with Crippen LogP contribution in [0, 0.1) is 0 Å². The first kappa shape index (κ1) is 32.4. The second kappa shape index (κ2) is 13.8. The first-order valence-electron chi connectivity index (χ1n) is 18.3. The highest BCUT2D eigenvalue weighted by molar-refractivity contribution is 5.87. The lowest BCUT2D eigenvalue weighted by molar-refractivity contribution is 0.490. The molecule has 0 saturated carbocycles. The van der Waals surface area contributed by atoms with Gasteiger partial charge >= 0.3 is 0 Å². The van der Waals surface area contributed by atoms with E-state index >= 15 is 0 Å². The van der Waals surface area contributed by atoms with Crippen LogP contribution in [0.4, 0.5) is 34.1 Å². The maximum Gasteiger partial charge on any atom is 0.0468 e. The van der Waals surface area contributed by atoms with Gasteiger partial charge < -0.3 is 9.80 Å². The number of benzene rings is 7. The summed E-state index contributed by atoms with van der Waals surface area (Å²) in [5.41, 5.74) is 15.2. The van der Waals surface area contributed by atoms with Gasteiger partial charge in [-0.05, 0) is 119 Å². The van der Waals surface area contributed by atoms with Crippen molar-refractivity contribution in [3.05, 3.63) is 204 Å². The standard InChI is InChI=1S/C49H44N2/c1-4-49(5-2)47-24-16-15-23-45(47)46-35-44(33-34-48(46)49)51(41-21-13-8-14-22-41)43-31-27-38(28-32-43)36(3)37-25-29-42(30-26-37)50(39-17-9-6-10-18-39)40-19-11-7-12-20-40/h6-36H,4-5H2,1-3H3. The van der Waals surface area contributed by atoms with Crippen LogP contribution in [0.3, 0.4) is 0 Å². The van der Waals surface area contributed by atoms with Crippen molar-refractivity contribution in [2.45, 2.75) is 44.9 Å². The fraction of sp³-hybridized carbons (Fsp3) is 0.143. The van der Waals surface area contributed by atoms with Crippen molar-refractivity contribution in [1.29, 1.82) is 0 Å². The van der Waals surface area contributed by atoms with E-state index in [1.54, 1.807) is 0 Å². The molecule has 0 radical (unpaired) electrons. The number of fused-ring (bicyclic) bond motifs is 3. The Balaban J connectivity index is 1.11. The molecule has 0 heterocycles. The molecule has 1 aliphatic rings. The maximum atomic E-state index is 2.42. The Hall–Kier alpha value is -5.86. The van der Waals surface area contributed by atoms with Crippen molar-refractivity contribution < 1.29 is 0 Å². The predicted molar refractivity (Wildman–Crippen MR) is 217 cm³/mol. The first-order chi connectivity index (χ1) is 25.1. The fourth-order valence-corrected chi connectivity index (χ4v) is 8.25. The van der Waals surface area contributed by atoms with Crippen LogP contribution in [-0.4, -0.2) is 0 Å². The summed E-state index contributed by atoms with van der Waals surface area (Å²) in [5.74, 6) is 0.243. The summed E-state index contributed by atoms with van der Waals surface area (Å²) in [6.07, 6.45) is 2.19. The third kappa shape index (κ3) is 5.81. The summed E-state index contributed by atoms with van der Waals surface area (Å²) in [4.78, 5) is 4.70. The molecule has 2 nitrogen and oxygen atoms in total. The largest absolute Gasteiger partial charge is 0.311 e. The van der Waals surface area contributed by atoms with E-state index in [2.05, 4.69) is 213 Å². The smallest absolute Gasteiger partial charge is 0.0468 e. The molecule has 8 rings (SSSR count). The van der Waals surface area contributed by atoms with Crippen LogP contribution in [0.2, 0.25) is 0 Å². The van der Waals surface area contributed by atoms with Gasteiger partial charge in [-0.2, -0.15) is 0 Å². The van der Waals surface area contributed by atoms with E-state index in [1.807, 2.05) is 0 Å². The molecule has 1 unspecified atom stereocenters. The molecule has 1 atom stereocenters. The Morgan fingerprint density at radius 1 is 0.392 bits per heavy atom. The third-order valence-electron chi connectivity index (χ3n) is 11.1. The Labute approximate surface area is 303 Å². The van der Waals surface area contributed by atoms with Crippen LogP contribution in [-0.2, 0) is 5.41 Å². The summed E-state index contributed by atoms with van der Waals surface area (Å²) in [6, 6.07) is 66.3. The van der Waals surface area contributed by atoms with E-state index < -0.39 is 0 Å². The quantitative estimate of drug-likeness (QED) is 0.144. The fourth-order valence-electron chi connectivity index (χ4n) is 8.25. The molecule has 0 N–H and O–H groups in total. The monoisotopic (exact) mass is 660 g/mol. The van der Waals surface area contributed by atoms with Crippen molar-refractivity contribution in [2.75, 3.05) is 9.80 Å². The van der Waals surface area contributed by atoms with E-state index in [0.717, 1.165) is 41.3 Å². The lowest BCUT2D eigenvalue weighted by Gasteiger charge is -2.30. The molecule has 0 fully saturated rings. The topological polar surface area (TPSA) is 6.48 Å². The summed E-state index contributed by atoms with van der Waals surface area (Å²) in [6.45, 7) is 6.97. The molecular formula is C49H44N2. The van der Waals surface area contributed by atoms with Crippen molar-refractivity contribution in [2.24, 2.45) is 0 Å². The average molecular weight is 661 g/mol. The van der Waals surface area contributed by atoms with Gasteiger partial charge in [0.05, 0.1) is 0 Å². The number of rotatable bonds is 10. The number of anilines is 6. The number of para-hydroxylation sites is 3. The van der Waals surface area contributed by atoms with Crippen molar-refractivity contribution in [3.8, 4) is 11.1 Å². The van der Waals surface area contributed by atoms with Crippen molar-refractivity contribution in [3.63, 3.8) is 0 Å². The SMILES string of the molecule is CCC1(CC)c2ccccc2-c2cc(N(c3ccccc3)c3ccc(C(C)c4ccc(N(c5ccccc5)c5ccccc5)cc4)cc3)ccc21. The summed E-state index contributed by atoms with van der Waals surface area (Å²) >= 11 is 0. The maximum absolute atomic E-state index is 2.42. The van der Waals surface area contributed by atoms with Gasteiger partial charge in [0, 0.05) is 45.5 Å². The summed E-state index contributed by atoms with van der Waals surface area (Å²) in [5, 5.41) is 0. The van der Waals surface area contributed by atoms with Gasteiger partial charge in [0.2, 0.25) is 0 Å². The minimum absolute atomic E-state index is 0.0689. The van der Waals surface area contributed by atoms with Gasteiger partial charge in [0.15, 0.2) is 0 Å². The van der Waals surface area contributed by atoms with Crippen LogP contribution in [0.25, 0.3) is 11.1 Å². The molecule has 1 aliphatic carbocycles. The minimum atomic E-state index is 0.0689. The average Bonchev–Trinajstić information content (AvgIpc) is 3.49. The Morgan fingerprint density at radius 2 is 0.765 bits per heavy atom. The van der Waals surface area contributed by atoms with Gasteiger partial charge in [-0.25, -0.2) is 0 Å². The zero-order valence-corrected chi connectivity index (χ0v) is 29.7. The second-order valence-electron chi connectivity index (χ2n) is 13.6. The van der Waals surface area contributed by atoms with E-state index in [-0.39, 0.29) is 11.3 Å². The molecule has 0 aromatic heterocycles. The number of hydrogen-bond donors (Lipinski definition) is 0. The number of hydrogen-bond acceptors (Lipinski definition) is 2. The van der Waals surface area contributed by atoms with E-state index in [4.69, 9.17) is 0 Å². The van der Waals surface area contributed by atoms with Crippen LogP contribution in [0.5, 0.6) is 0 Å². The van der Waals surface area contributed by atoms with Crippen molar-refractivity contribution >= 4 is 34.1 Å². The normalized spacial score (nSPS) is 13.2. The zero-order valence-electron chi connectivity index (χ0n) is 29.7. The second-order valence-corrected chi connectivity index (χ2v) is 13.6. The Bertz CT molecular complexity index is 2180. The molecule has 0 aliphatic heterocycles. The van der Waals surface area contributed by atoms with Gasteiger partial charge in [-0.15, -0.1) is 0 Å². The van der Waals surface area contributed by atoms with Gasteiger partial charge in [-0.3, -0.25) is 0 Å². The molecule has 0 bridgehead atoms. The lowest BCUT2D eigenvalue weighted by Crippen LogP contribution is -2.23. The first-order valence-corrected chi connectivity index (χ1v) is 18.3.